The molecule has 1 amide bonds. The minimum absolute atomic E-state index is 0.0743. The lowest BCUT2D eigenvalue weighted by Gasteiger charge is -2.16. The van der Waals surface area contributed by atoms with Crippen molar-refractivity contribution < 1.29 is 13.9 Å². The maximum Gasteiger partial charge on any atom is 0.260 e. The van der Waals surface area contributed by atoms with Gasteiger partial charge in [0.05, 0.1) is 0 Å². The van der Waals surface area contributed by atoms with E-state index < -0.39 is 5.82 Å². The lowest BCUT2D eigenvalue weighted by molar-refractivity contribution is -0.132. The first-order chi connectivity index (χ1) is 8.70. The molecule has 0 unspecified atom stereocenters. The highest BCUT2D eigenvalue weighted by Crippen LogP contribution is 2.20. The van der Waals surface area contributed by atoms with Crippen LogP contribution in [0.25, 0.3) is 0 Å². The zero-order chi connectivity index (χ0) is 13.0. The molecule has 0 aliphatic carbocycles. The molecule has 1 aliphatic rings. The van der Waals surface area contributed by atoms with Gasteiger partial charge in [0.1, 0.15) is 0 Å². The topological polar surface area (TPSA) is 29.5 Å². The molecule has 0 bridgehead atoms. The fourth-order valence-corrected chi connectivity index (χ4v) is 2.61. The highest BCUT2D eigenvalue weighted by atomic mass is 32.2. The van der Waals surface area contributed by atoms with Crippen molar-refractivity contribution in [2.75, 3.05) is 26.0 Å². The molecule has 0 radical (unpaired) electrons. The first-order valence-electron chi connectivity index (χ1n) is 5.88. The van der Waals surface area contributed by atoms with Gasteiger partial charge in [-0.1, -0.05) is 12.1 Å². The summed E-state index contributed by atoms with van der Waals surface area (Å²) >= 11 is 1.78. The van der Waals surface area contributed by atoms with Crippen LogP contribution in [0.1, 0.15) is 6.42 Å². The lowest BCUT2D eigenvalue weighted by atomic mass is 10.3. The Morgan fingerprint density at radius 3 is 3.00 bits per heavy atom. The minimum atomic E-state index is -0.436. The van der Waals surface area contributed by atoms with E-state index >= 15 is 0 Å². The molecule has 1 saturated heterocycles. The molecular weight excluding hydrogens is 253 g/mol. The van der Waals surface area contributed by atoms with Gasteiger partial charge in [0, 0.05) is 18.3 Å². The molecule has 1 aliphatic heterocycles. The number of carbonyl (C=O) groups is 1. The van der Waals surface area contributed by atoms with E-state index in [0.717, 1.165) is 19.5 Å². The van der Waals surface area contributed by atoms with E-state index in [0.29, 0.717) is 5.25 Å². The van der Waals surface area contributed by atoms with Crippen molar-refractivity contribution in [3.05, 3.63) is 30.1 Å². The van der Waals surface area contributed by atoms with Crippen LogP contribution in [-0.4, -0.2) is 42.0 Å². The second-order valence-corrected chi connectivity index (χ2v) is 5.34. The van der Waals surface area contributed by atoms with E-state index in [4.69, 9.17) is 4.74 Å². The molecule has 1 aromatic rings. The monoisotopic (exact) mass is 269 g/mol. The van der Waals surface area contributed by atoms with Crippen LogP contribution in [0.15, 0.2) is 24.3 Å². The average molecular weight is 269 g/mol. The Morgan fingerprint density at radius 1 is 1.56 bits per heavy atom. The number of halogens is 1. The standard InChI is InChI=1S/C13H16FNO2S/c1-18-10-6-7-15(8-10)13(16)9-17-12-5-3-2-4-11(12)14/h2-5,10H,6-9H2,1H3/t10-/m1/s1. The smallest absolute Gasteiger partial charge is 0.260 e. The molecule has 1 fully saturated rings. The number of carbonyl (C=O) groups excluding carboxylic acids is 1. The van der Waals surface area contributed by atoms with Crippen LogP contribution in [0.3, 0.4) is 0 Å². The number of ether oxygens (including phenoxy) is 1. The minimum Gasteiger partial charge on any atom is -0.481 e. The Morgan fingerprint density at radius 2 is 2.33 bits per heavy atom. The summed E-state index contributed by atoms with van der Waals surface area (Å²) in [6.45, 7) is 1.44. The number of amides is 1. The third-order valence-electron chi connectivity index (χ3n) is 3.02. The van der Waals surface area contributed by atoms with Crippen molar-refractivity contribution in [1.29, 1.82) is 0 Å². The van der Waals surface area contributed by atoms with Gasteiger partial charge < -0.3 is 9.64 Å². The Kier molecular flexibility index (Phi) is 4.47. The molecule has 1 heterocycles. The number of nitrogens with zero attached hydrogens (tertiary/aromatic N) is 1. The van der Waals surface area contributed by atoms with Gasteiger partial charge in [-0.15, -0.1) is 0 Å². The second-order valence-electron chi connectivity index (χ2n) is 4.21. The Hall–Kier alpha value is -1.23. The van der Waals surface area contributed by atoms with Gasteiger partial charge in [0.25, 0.3) is 5.91 Å². The number of benzene rings is 1. The number of hydrogen-bond donors (Lipinski definition) is 0. The quantitative estimate of drug-likeness (QED) is 0.839. The van der Waals surface area contributed by atoms with E-state index in [1.54, 1.807) is 28.8 Å². The Balaban J connectivity index is 1.84. The van der Waals surface area contributed by atoms with E-state index in [1.807, 2.05) is 0 Å². The Bertz CT molecular complexity index is 427. The molecule has 0 saturated carbocycles. The SMILES string of the molecule is CS[C@@H]1CCN(C(=O)COc2ccccc2F)C1. The van der Waals surface area contributed by atoms with E-state index in [1.165, 1.54) is 12.1 Å². The molecule has 18 heavy (non-hydrogen) atoms. The third kappa shape index (κ3) is 3.16. The van der Waals surface area contributed by atoms with Gasteiger partial charge in [0.15, 0.2) is 18.2 Å². The van der Waals surface area contributed by atoms with Crippen LogP contribution in [0, 0.1) is 5.82 Å². The molecule has 5 heteroatoms. The molecule has 0 N–H and O–H groups in total. The maximum atomic E-state index is 13.3. The fraction of sp³-hybridized carbons (Fsp3) is 0.462. The van der Waals surface area contributed by atoms with Gasteiger partial charge in [-0.25, -0.2) is 4.39 Å². The van der Waals surface area contributed by atoms with Crippen LogP contribution >= 0.6 is 11.8 Å². The summed E-state index contributed by atoms with van der Waals surface area (Å²) in [6.07, 6.45) is 3.07. The van der Waals surface area contributed by atoms with Crippen LogP contribution in [0.5, 0.6) is 5.75 Å². The van der Waals surface area contributed by atoms with Crippen molar-refractivity contribution >= 4 is 17.7 Å². The first-order valence-corrected chi connectivity index (χ1v) is 7.17. The molecule has 98 valence electrons. The molecule has 1 aromatic carbocycles. The summed E-state index contributed by atoms with van der Waals surface area (Å²) in [5, 5.41) is 0.516. The zero-order valence-corrected chi connectivity index (χ0v) is 11.1. The number of thioether (sulfide) groups is 1. The van der Waals surface area contributed by atoms with Crippen molar-refractivity contribution in [1.82, 2.24) is 4.90 Å². The van der Waals surface area contributed by atoms with Crippen LogP contribution < -0.4 is 4.74 Å². The number of para-hydroxylation sites is 1. The van der Waals surface area contributed by atoms with E-state index in [-0.39, 0.29) is 18.3 Å². The summed E-state index contributed by atoms with van der Waals surface area (Å²) in [6, 6.07) is 6.12. The zero-order valence-electron chi connectivity index (χ0n) is 10.3. The maximum absolute atomic E-state index is 13.3. The highest BCUT2D eigenvalue weighted by molar-refractivity contribution is 7.99. The van der Waals surface area contributed by atoms with Gasteiger partial charge >= 0.3 is 0 Å². The van der Waals surface area contributed by atoms with Crippen molar-refractivity contribution in [3.8, 4) is 5.75 Å². The van der Waals surface area contributed by atoms with E-state index in [9.17, 15) is 9.18 Å². The normalized spacial score (nSPS) is 19.0. The average Bonchev–Trinajstić information content (AvgIpc) is 2.86. The third-order valence-corrected chi connectivity index (χ3v) is 4.07. The molecule has 1 atom stereocenters. The lowest BCUT2D eigenvalue weighted by Crippen LogP contribution is -2.33. The summed E-state index contributed by atoms with van der Waals surface area (Å²) in [7, 11) is 0. The van der Waals surface area contributed by atoms with Crippen molar-refractivity contribution in [3.63, 3.8) is 0 Å². The molecule has 2 rings (SSSR count). The van der Waals surface area contributed by atoms with Crippen molar-refractivity contribution in [2.24, 2.45) is 0 Å². The summed E-state index contributed by atoms with van der Waals surface area (Å²) in [4.78, 5) is 13.6. The number of rotatable bonds is 4. The van der Waals surface area contributed by atoms with Gasteiger partial charge in [0.2, 0.25) is 0 Å². The highest BCUT2D eigenvalue weighted by Gasteiger charge is 2.25. The van der Waals surface area contributed by atoms with Crippen LogP contribution in [0.2, 0.25) is 0 Å². The summed E-state index contributed by atoms with van der Waals surface area (Å²) in [5.41, 5.74) is 0. The molecule has 0 aromatic heterocycles. The second kappa shape index (κ2) is 6.09. The molecule has 3 nitrogen and oxygen atoms in total. The number of hydrogen-bond acceptors (Lipinski definition) is 3. The molecule has 0 spiro atoms. The van der Waals surface area contributed by atoms with Crippen LogP contribution in [0.4, 0.5) is 4.39 Å². The summed E-state index contributed by atoms with van der Waals surface area (Å²) < 4.78 is 18.5. The van der Waals surface area contributed by atoms with Gasteiger partial charge in [-0.3, -0.25) is 4.79 Å². The molecular formula is C13H16FNO2S. The van der Waals surface area contributed by atoms with E-state index in [2.05, 4.69) is 6.26 Å². The Labute approximate surface area is 110 Å². The predicted octanol–water partition coefficient (Wildman–Crippen LogP) is 2.17. The van der Waals surface area contributed by atoms with Crippen molar-refractivity contribution in [2.45, 2.75) is 11.7 Å². The van der Waals surface area contributed by atoms with Gasteiger partial charge in [-0.05, 0) is 24.8 Å². The first kappa shape index (κ1) is 13.2. The fourth-order valence-electron chi connectivity index (χ4n) is 1.94. The summed E-state index contributed by atoms with van der Waals surface area (Å²) in [5.74, 6) is -0.380. The largest absolute Gasteiger partial charge is 0.481 e. The number of likely N-dealkylation sites (tertiary alicyclic amines) is 1. The predicted molar refractivity (Wildman–Crippen MR) is 70.4 cm³/mol. The van der Waals surface area contributed by atoms with Gasteiger partial charge in [-0.2, -0.15) is 11.8 Å². The van der Waals surface area contributed by atoms with Crippen LogP contribution in [-0.2, 0) is 4.79 Å².